The molecular formula is C21H18BrN3. The van der Waals surface area contributed by atoms with Crippen LogP contribution in [0.4, 0.5) is 0 Å². The molecule has 0 radical (unpaired) electrons. The van der Waals surface area contributed by atoms with Gasteiger partial charge in [0, 0.05) is 16.5 Å². The lowest BCUT2D eigenvalue weighted by Crippen LogP contribution is -2.01. The van der Waals surface area contributed by atoms with Gasteiger partial charge >= 0.3 is 0 Å². The Morgan fingerprint density at radius 2 is 1.36 bits per heavy atom. The minimum absolute atomic E-state index is 0.682. The first-order valence-electron chi connectivity index (χ1n) is 8.04. The van der Waals surface area contributed by atoms with Crippen LogP contribution in [-0.2, 0) is 0 Å². The monoisotopic (exact) mass is 391 g/mol. The lowest BCUT2D eigenvalue weighted by Gasteiger charge is -2.08. The van der Waals surface area contributed by atoms with Crippen molar-refractivity contribution < 1.29 is 0 Å². The van der Waals surface area contributed by atoms with Crippen molar-refractivity contribution in [2.75, 3.05) is 5.33 Å². The molecule has 4 heteroatoms. The quantitative estimate of drug-likeness (QED) is 0.422. The highest BCUT2D eigenvalue weighted by Crippen LogP contribution is 2.22. The second-order valence-corrected chi connectivity index (χ2v) is 6.12. The lowest BCUT2D eigenvalue weighted by atomic mass is 10.1. The highest BCUT2D eigenvalue weighted by molar-refractivity contribution is 9.09. The van der Waals surface area contributed by atoms with E-state index in [1.165, 1.54) is 0 Å². The second kappa shape index (κ2) is 8.49. The van der Waals surface area contributed by atoms with Crippen LogP contribution >= 0.6 is 15.9 Å². The maximum atomic E-state index is 4.68. The fraction of sp³-hybridized carbons (Fsp3) is 0.0952. The van der Waals surface area contributed by atoms with Crippen molar-refractivity contribution in [3.63, 3.8) is 0 Å². The Labute approximate surface area is 156 Å². The highest BCUT2D eigenvalue weighted by Gasteiger charge is 2.10. The van der Waals surface area contributed by atoms with Gasteiger partial charge in [0.25, 0.3) is 0 Å². The second-order valence-electron chi connectivity index (χ2n) is 5.47. The summed E-state index contributed by atoms with van der Waals surface area (Å²) in [7, 11) is 0. The Morgan fingerprint density at radius 3 is 1.84 bits per heavy atom. The van der Waals surface area contributed by atoms with E-state index in [2.05, 4.69) is 30.9 Å². The van der Waals surface area contributed by atoms with Crippen LogP contribution in [0.25, 0.3) is 28.3 Å². The predicted octanol–water partition coefficient (Wildman–Crippen LogP) is 5.56. The Hall–Kier alpha value is -2.59. The molecule has 3 nitrogen and oxygen atoms in total. The third-order valence-electron chi connectivity index (χ3n) is 3.62. The van der Waals surface area contributed by atoms with Gasteiger partial charge in [0.2, 0.25) is 0 Å². The zero-order valence-corrected chi connectivity index (χ0v) is 15.5. The highest BCUT2D eigenvalue weighted by atomic mass is 79.9. The van der Waals surface area contributed by atoms with Gasteiger partial charge in [-0.3, -0.25) is 0 Å². The fourth-order valence-electron chi connectivity index (χ4n) is 2.32. The van der Waals surface area contributed by atoms with E-state index in [4.69, 9.17) is 0 Å². The third kappa shape index (κ3) is 4.48. The number of halogens is 1. The van der Waals surface area contributed by atoms with Gasteiger partial charge in [0.15, 0.2) is 17.5 Å². The summed E-state index contributed by atoms with van der Waals surface area (Å²) in [6, 6.07) is 20.0. The summed E-state index contributed by atoms with van der Waals surface area (Å²) >= 11 is 3.38. The molecule has 0 spiro atoms. The average Bonchev–Trinajstić information content (AvgIpc) is 2.69. The molecule has 0 saturated heterocycles. The number of hydrogen-bond acceptors (Lipinski definition) is 3. The maximum Gasteiger partial charge on any atom is 0.164 e. The van der Waals surface area contributed by atoms with Crippen molar-refractivity contribution >= 4 is 21.5 Å². The number of benzene rings is 2. The first kappa shape index (κ1) is 17.2. The van der Waals surface area contributed by atoms with Crippen molar-refractivity contribution in [1.29, 1.82) is 0 Å². The van der Waals surface area contributed by atoms with Gasteiger partial charge in [-0.25, -0.2) is 15.0 Å². The van der Waals surface area contributed by atoms with Gasteiger partial charge in [-0.1, -0.05) is 94.8 Å². The molecule has 0 aliphatic rings. The van der Waals surface area contributed by atoms with E-state index in [0.29, 0.717) is 17.5 Å². The summed E-state index contributed by atoms with van der Waals surface area (Å²) in [5, 5.41) is 0.818. The van der Waals surface area contributed by atoms with E-state index in [1.807, 2.05) is 85.8 Å². The normalized spacial score (nSPS) is 11.8. The molecule has 1 heterocycles. The average molecular weight is 392 g/mol. The van der Waals surface area contributed by atoms with E-state index in [-0.39, 0.29) is 0 Å². The molecule has 0 atom stereocenters. The smallest absolute Gasteiger partial charge is 0.164 e. The van der Waals surface area contributed by atoms with E-state index in [0.717, 1.165) is 22.0 Å². The molecule has 0 unspecified atom stereocenters. The van der Waals surface area contributed by atoms with Crippen LogP contribution in [0.15, 0.2) is 78.9 Å². The van der Waals surface area contributed by atoms with Crippen LogP contribution in [0.1, 0.15) is 12.7 Å². The Balaban J connectivity index is 2.12. The molecule has 124 valence electrons. The Kier molecular flexibility index (Phi) is 5.86. The SMILES string of the molecule is C/C(=C\C=C/CBr)c1nc(-c2ccccc2)nc(-c2ccccc2)n1. The summed E-state index contributed by atoms with van der Waals surface area (Å²) in [4.78, 5) is 14.0. The van der Waals surface area contributed by atoms with E-state index < -0.39 is 0 Å². The zero-order valence-electron chi connectivity index (χ0n) is 13.9. The molecule has 0 aliphatic carbocycles. The summed E-state index contributed by atoms with van der Waals surface area (Å²) in [5.74, 6) is 2.05. The number of aromatic nitrogens is 3. The number of alkyl halides is 1. The van der Waals surface area contributed by atoms with Crippen molar-refractivity contribution in [1.82, 2.24) is 15.0 Å². The molecule has 0 aliphatic heterocycles. The van der Waals surface area contributed by atoms with Gasteiger partial charge in [-0.05, 0) is 12.5 Å². The van der Waals surface area contributed by atoms with Crippen LogP contribution in [-0.4, -0.2) is 20.3 Å². The van der Waals surface area contributed by atoms with Crippen molar-refractivity contribution in [3.8, 4) is 22.8 Å². The van der Waals surface area contributed by atoms with E-state index in [9.17, 15) is 0 Å². The Bertz CT molecular complexity index is 830. The van der Waals surface area contributed by atoms with Crippen molar-refractivity contribution in [2.45, 2.75) is 6.92 Å². The van der Waals surface area contributed by atoms with Gasteiger partial charge in [0.05, 0.1) is 0 Å². The summed E-state index contributed by atoms with van der Waals surface area (Å²) < 4.78 is 0. The summed E-state index contributed by atoms with van der Waals surface area (Å²) in [5.41, 5.74) is 2.95. The predicted molar refractivity (Wildman–Crippen MR) is 107 cm³/mol. The van der Waals surface area contributed by atoms with Gasteiger partial charge < -0.3 is 0 Å². The zero-order chi connectivity index (χ0) is 17.5. The topological polar surface area (TPSA) is 38.7 Å². The van der Waals surface area contributed by atoms with Crippen LogP contribution in [0.3, 0.4) is 0 Å². The van der Waals surface area contributed by atoms with Gasteiger partial charge in [-0.15, -0.1) is 0 Å². The molecule has 0 saturated carbocycles. The largest absolute Gasteiger partial charge is 0.209 e. The molecule has 0 amide bonds. The molecule has 0 fully saturated rings. The third-order valence-corrected chi connectivity index (χ3v) is 4.00. The maximum absolute atomic E-state index is 4.68. The minimum atomic E-state index is 0.682. The number of hydrogen-bond donors (Lipinski definition) is 0. The molecule has 25 heavy (non-hydrogen) atoms. The van der Waals surface area contributed by atoms with Gasteiger partial charge in [0.1, 0.15) is 0 Å². The lowest BCUT2D eigenvalue weighted by molar-refractivity contribution is 1.03. The first-order chi connectivity index (χ1) is 12.3. The molecule has 3 rings (SSSR count). The fourth-order valence-corrected chi connectivity index (χ4v) is 2.54. The molecule has 3 aromatic rings. The molecule has 0 bridgehead atoms. The number of allylic oxidation sites excluding steroid dienone is 4. The van der Waals surface area contributed by atoms with Crippen molar-refractivity contribution in [2.24, 2.45) is 0 Å². The van der Waals surface area contributed by atoms with E-state index >= 15 is 0 Å². The van der Waals surface area contributed by atoms with Crippen LogP contribution in [0.5, 0.6) is 0 Å². The molecular weight excluding hydrogens is 374 g/mol. The number of nitrogens with zero attached hydrogens (tertiary/aromatic N) is 3. The summed E-state index contributed by atoms with van der Waals surface area (Å²) in [6.07, 6.45) is 6.04. The molecule has 2 aromatic carbocycles. The molecule has 1 aromatic heterocycles. The first-order valence-corrected chi connectivity index (χ1v) is 9.17. The van der Waals surface area contributed by atoms with Crippen LogP contribution < -0.4 is 0 Å². The summed E-state index contributed by atoms with van der Waals surface area (Å²) in [6.45, 7) is 2.01. The van der Waals surface area contributed by atoms with Crippen LogP contribution in [0, 0.1) is 0 Å². The standard InChI is InChI=1S/C21H18BrN3/c1-16(10-8-9-15-22)19-23-20(17-11-4-2-5-12-17)25-21(24-19)18-13-6-3-7-14-18/h2-14H,15H2,1H3/b9-8-,16-10+. The van der Waals surface area contributed by atoms with Crippen LogP contribution in [0.2, 0.25) is 0 Å². The van der Waals surface area contributed by atoms with Gasteiger partial charge in [-0.2, -0.15) is 0 Å². The number of rotatable bonds is 5. The van der Waals surface area contributed by atoms with Crippen molar-refractivity contribution in [3.05, 3.63) is 84.7 Å². The molecule has 0 N–H and O–H groups in total. The minimum Gasteiger partial charge on any atom is -0.209 e. The van der Waals surface area contributed by atoms with E-state index in [1.54, 1.807) is 0 Å². The Morgan fingerprint density at radius 1 is 0.840 bits per heavy atom.